The van der Waals surface area contributed by atoms with Crippen molar-refractivity contribution in [3.05, 3.63) is 124 Å². The van der Waals surface area contributed by atoms with Crippen molar-refractivity contribution < 1.29 is 22.3 Å². The van der Waals surface area contributed by atoms with Crippen LogP contribution in [0.25, 0.3) is 18.2 Å². The average Bonchev–Trinajstić information content (AvgIpc) is 3.80. The van der Waals surface area contributed by atoms with Gasteiger partial charge in [0.2, 0.25) is 0 Å². The molecule has 0 amide bonds. The maximum Gasteiger partial charge on any atom is 0.421 e. The molecule has 0 fully saturated rings. The van der Waals surface area contributed by atoms with Gasteiger partial charge in [-0.1, -0.05) is 114 Å². The number of benzene rings is 3. The van der Waals surface area contributed by atoms with Crippen LogP contribution in [0.15, 0.2) is 108 Å². The van der Waals surface area contributed by atoms with Crippen molar-refractivity contribution in [3.8, 4) is 24.0 Å². The molecule has 1 aromatic heterocycles. The number of rotatable bonds is 16. The van der Waals surface area contributed by atoms with Gasteiger partial charge < -0.3 is 14.1 Å². The van der Waals surface area contributed by atoms with E-state index in [9.17, 15) is 29.0 Å². The second-order valence-electron chi connectivity index (χ2n) is 15.8. The minimum atomic E-state index is -4.91. The maximum atomic E-state index is 14.4. The Bertz CT molecular complexity index is 2220. The van der Waals surface area contributed by atoms with Crippen molar-refractivity contribution in [1.29, 1.82) is 15.8 Å². The molecule has 306 valence electrons. The number of thiophene rings is 1. The molecular formula is C48H51F3N4O2SSi. The van der Waals surface area contributed by atoms with Crippen LogP contribution in [0.4, 0.5) is 18.9 Å². The summed E-state index contributed by atoms with van der Waals surface area (Å²) in [6.45, 7) is 13.9. The molecule has 2 heterocycles. The number of unbranched alkanes of at least 4 members (excludes halogenated alkanes) is 2. The van der Waals surface area contributed by atoms with Gasteiger partial charge in [-0.25, -0.2) is 0 Å². The van der Waals surface area contributed by atoms with Crippen molar-refractivity contribution in [2.75, 3.05) is 18.0 Å². The zero-order chi connectivity index (χ0) is 42.8. The van der Waals surface area contributed by atoms with E-state index in [-0.39, 0.29) is 10.6 Å². The molecule has 11 heteroatoms. The first kappa shape index (κ1) is 44.7. The molecule has 1 aliphatic rings. The van der Waals surface area contributed by atoms with Gasteiger partial charge in [-0.05, 0) is 77.7 Å². The summed E-state index contributed by atoms with van der Waals surface area (Å²) in [7, 11) is -3.02. The predicted octanol–water partition coefficient (Wildman–Crippen LogP) is 11.5. The Hall–Kier alpha value is -5.38. The quantitative estimate of drug-likeness (QED) is 0.104. The molecule has 0 bridgehead atoms. The van der Waals surface area contributed by atoms with E-state index in [1.807, 2.05) is 30.4 Å². The molecule has 4 aromatic rings. The Morgan fingerprint density at radius 1 is 0.814 bits per heavy atom. The predicted molar refractivity (Wildman–Crippen MR) is 236 cm³/mol. The normalized spacial score (nSPS) is 17.4. The van der Waals surface area contributed by atoms with Crippen LogP contribution in [0, 0.1) is 39.9 Å². The van der Waals surface area contributed by atoms with Crippen molar-refractivity contribution in [2.45, 2.75) is 90.1 Å². The number of nitrogens with zero attached hydrogens (tertiary/aromatic N) is 4. The fourth-order valence-electron chi connectivity index (χ4n) is 7.49. The molecule has 2 unspecified atom stereocenters. The SMILES string of the molecule is CCCCN(CCCC)c1ccc(/C=C/c2ccc(/C=C/C3=C(C#N)C(C(C#N)C#N)OC3(C)C(F)(F)F)s2)c(O[Si](c2ccccc2)(c2ccccc2)C(C)(C)C)c1. The van der Waals surface area contributed by atoms with Crippen LogP contribution in [-0.2, 0) is 4.74 Å². The molecule has 2 atom stereocenters. The molecule has 3 aromatic carbocycles. The summed E-state index contributed by atoms with van der Waals surface area (Å²) in [5.41, 5.74) is -1.68. The third kappa shape index (κ3) is 9.58. The van der Waals surface area contributed by atoms with Crippen LogP contribution in [0.2, 0.25) is 5.04 Å². The second kappa shape index (κ2) is 19.1. The van der Waals surface area contributed by atoms with Gasteiger partial charge in [0.1, 0.15) is 11.9 Å². The van der Waals surface area contributed by atoms with Crippen LogP contribution < -0.4 is 19.7 Å². The smallest absolute Gasteiger partial charge is 0.421 e. The van der Waals surface area contributed by atoms with Gasteiger partial charge in [-0.3, -0.25) is 0 Å². The lowest BCUT2D eigenvalue weighted by Crippen LogP contribution is -2.68. The lowest BCUT2D eigenvalue weighted by molar-refractivity contribution is -0.255. The monoisotopic (exact) mass is 832 g/mol. The lowest BCUT2D eigenvalue weighted by atomic mass is 9.90. The van der Waals surface area contributed by atoms with E-state index in [2.05, 4.69) is 106 Å². The number of alkyl halides is 3. The summed E-state index contributed by atoms with van der Waals surface area (Å²) >= 11 is 1.37. The van der Waals surface area contributed by atoms with Crippen LogP contribution >= 0.6 is 11.3 Å². The zero-order valence-corrected chi connectivity index (χ0v) is 36.3. The molecule has 0 aliphatic carbocycles. The minimum Gasteiger partial charge on any atom is -0.534 e. The number of nitriles is 3. The third-order valence-corrected chi connectivity index (χ3v) is 16.7. The molecule has 1 aliphatic heterocycles. The van der Waals surface area contributed by atoms with E-state index < -0.39 is 37.7 Å². The van der Waals surface area contributed by atoms with Crippen LogP contribution in [-0.4, -0.2) is 39.3 Å². The fraction of sp³-hybridized carbons (Fsp3) is 0.354. The standard InChI is InChI=1S/C48H51F3N4O2SSi/c1-7-9-29-55(30-10-8-2)37-23-21-35(44(31-37)57-59(46(3,4)5,40-17-13-11-14-18-40)41-19-15-12-16-20-41)22-24-38-25-26-39(58-38)27-28-43-42(34-54)45(36(32-52)33-53)56-47(43,6)48(49,50)51/h11-28,31,36,45H,7-10,29-30H2,1-6H3/b24-22+,28-27+. The van der Waals surface area contributed by atoms with Gasteiger partial charge in [0, 0.05) is 45.7 Å². The van der Waals surface area contributed by atoms with E-state index in [0.717, 1.165) is 77.9 Å². The molecule has 6 nitrogen and oxygen atoms in total. The minimum absolute atomic E-state index is 0.274. The van der Waals surface area contributed by atoms with Gasteiger partial charge >= 0.3 is 14.5 Å². The van der Waals surface area contributed by atoms with Crippen LogP contribution in [0.1, 0.15) is 82.5 Å². The molecule has 0 saturated carbocycles. The highest BCUT2D eigenvalue weighted by molar-refractivity contribution is 7.13. The van der Waals surface area contributed by atoms with Crippen molar-refractivity contribution in [1.82, 2.24) is 0 Å². The molecular weight excluding hydrogens is 782 g/mol. The first-order valence-electron chi connectivity index (χ1n) is 20.0. The summed E-state index contributed by atoms with van der Waals surface area (Å²) in [6, 6.07) is 36.3. The maximum absolute atomic E-state index is 14.4. The Labute approximate surface area is 352 Å². The molecule has 59 heavy (non-hydrogen) atoms. The first-order chi connectivity index (χ1) is 28.2. The van der Waals surface area contributed by atoms with Gasteiger partial charge in [-0.2, -0.15) is 29.0 Å². The Morgan fingerprint density at radius 2 is 1.36 bits per heavy atom. The van der Waals surface area contributed by atoms with E-state index in [0.29, 0.717) is 4.88 Å². The van der Waals surface area contributed by atoms with Gasteiger partial charge in [0.15, 0.2) is 11.5 Å². The van der Waals surface area contributed by atoms with Crippen molar-refractivity contribution >= 4 is 53.9 Å². The molecule has 0 N–H and O–H groups in total. The zero-order valence-electron chi connectivity index (χ0n) is 34.5. The summed E-state index contributed by atoms with van der Waals surface area (Å²) in [5.74, 6) is -0.806. The van der Waals surface area contributed by atoms with E-state index in [1.54, 1.807) is 24.3 Å². The first-order valence-corrected chi connectivity index (χ1v) is 22.7. The van der Waals surface area contributed by atoms with Gasteiger partial charge in [0.25, 0.3) is 0 Å². The lowest BCUT2D eigenvalue weighted by Gasteiger charge is -2.43. The van der Waals surface area contributed by atoms with Crippen LogP contribution in [0.3, 0.4) is 0 Å². The second-order valence-corrected chi connectivity index (χ2v) is 21.2. The van der Waals surface area contributed by atoms with E-state index >= 15 is 0 Å². The highest BCUT2D eigenvalue weighted by atomic mass is 32.1. The molecule has 0 radical (unpaired) electrons. The molecule has 0 spiro atoms. The average molecular weight is 833 g/mol. The summed E-state index contributed by atoms with van der Waals surface area (Å²) in [4.78, 5) is 3.94. The molecule has 0 saturated heterocycles. The van der Waals surface area contributed by atoms with Crippen molar-refractivity contribution in [2.24, 2.45) is 5.92 Å². The summed E-state index contributed by atoms with van der Waals surface area (Å²) in [6.07, 6.45) is 4.50. The summed E-state index contributed by atoms with van der Waals surface area (Å²) < 4.78 is 56.2. The fourth-order valence-corrected chi connectivity index (χ4v) is 12.7. The topological polar surface area (TPSA) is 93.1 Å². The Kier molecular flexibility index (Phi) is 14.5. The highest BCUT2D eigenvalue weighted by Crippen LogP contribution is 2.49. The van der Waals surface area contributed by atoms with Gasteiger partial charge in [-0.15, -0.1) is 11.3 Å². The van der Waals surface area contributed by atoms with Crippen molar-refractivity contribution in [3.63, 3.8) is 0 Å². The number of anilines is 1. The van der Waals surface area contributed by atoms with Crippen LogP contribution in [0.5, 0.6) is 5.75 Å². The number of hydrogen-bond acceptors (Lipinski definition) is 7. The number of ether oxygens (including phenoxy) is 1. The number of halogens is 3. The van der Waals surface area contributed by atoms with E-state index in [1.165, 1.54) is 23.5 Å². The Balaban J connectivity index is 1.59. The largest absolute Gasteiger partial charge is 0.534 e. The third-order valence-electron chi connectivity index (χ3n) is 10.8. The summed E-state index contributed by atoms with van der Waals surface area (Å²) in [5, 5.41) is 30.8. The van der Waals surface area contributed by atoms with E-state index in [4.69, 9.17) is 9.16 Å². The van der Waals surface area contributed by atoms with Gasteiger partial charge in [0.05, 0.1) is 23.8 Å². The number of hydrogen-bond donors (Lipinski definition) is 0. The highest BCUT2D eigenvalue weighted by Gasteiger charge is 2.61. The molecule has 5 rings (SSSR count). The Morgan fingerprint density at radius 3 is 1.83 bits per heavy atom.